The normalized spacial score (nSPS) is 8.30. The first-order valence-electron chi connectivity index (χ1n) is 3.80. The summed E-state index contributed by atoms with van der Waals surface area (Å²) in [5.41, 5.74) is 5.64. The van der Waals surface area contributed by atoms with E-state index >= 15 is 0 Å². The Morgan fingerprint density at radius 1 is 1.40 bits per heavy atom. The summed E-state index contributed by atoms with van der Waals surface area (Å²) in [6.45, 7) is 10.0. The lowest BCUT2D eigenvalue weighted by Crippen LogP contribution is -1.72. The van der Waals surface area contributed by atoms with Crippen LogP contribution in [0.4, 0.5) is 0 Å². The quantitative estimate of drug-likeness (QED) is 0.411. The maximum Gasteiger partial charge on any atom is -0.0177 e. The van der Waals surface area contributed by atoms with Gasteiger partial charge in [-0.25, -0.2) is 0 Å². The van der Waals surface area contributed by atoms with Gasteiger partial charge >= 0.3 is 0 Å². The molecule has 0 saturated heterocycles. The molecule has 56 valence electrons. The lowest BCUT2D eigenvalue weighted by Gasteiger charge is -1.91. The molecule has 0 atom stereocenters. The summed E-state index contributed by atoms with van der Waals surface area (Å²) in [6.07, 6.45) is 4.14. The molecule has 0 fully saturated rings. The predicted molar refractivity (Wildman–Crippen MR) is 47.0 cm³/mol. The van der Waals surface area contributed by atoms with Crippen LogP contribution in [0.25, 0.3) is 0 Å². The fourth-order valence-electron chi connectivity index (χ4n) is 0.679. The SMILES string of the molecule is C=C(C)C=C=C(CC)CC. The summed E-state index contributed by atoms with van der Waals surface area (Å²) >= 11 is 0. The van der Waals surface area contributed by atoms with Crippen molar-refractivity contribution < 1.29 is 0 Å². The van der Waals surface area contributed by atoms with E-state index in [2.05, 4.69) is 26.2 Å². The molecule has 0 aromatic heterocycles. The molecular weight excluding hydrogens is 120 g/mol. The van der Waals surface area contributed by atoms with Gasteiger partial charge in [0.2, 0.25) is 0 Å². The lowest BCUT2D eigenvalue weighted by molar-refractivity contribution is 0.982. The Morgan fingerprint density at radius 2 is 1.90 bits per heavy atom. The molecule has 0 aliphatic heterocycles. The highest BCUT2D eigenvalue weighted by Gasteiger charge is 1.84. The third-order valence-electron chi connectivity index (χ3n) is 1.38. The van der Waals surface area contributed by atoms with Crippen LogP contribution in [0.15, 0.2) is 29.5 Å². The molecule has 0 N–H and O–H groups in total. The highest BCUT2D eigenvalue weighted by atomic mass is 13.9. The molecule has 0 aliphatic rings. The van der Waals surface area contributed by atoms with Gasteiger partial charge in [0.05, 0.1) is 0 Å². The Labute approximate surface area is 64.0 Å². The van der Waals surface area contributed by atoms with Crippen molar-refractivity contribution in [3.05, 3.63) is 29.5 Å². The van der Waals surface area contributed by atoms with Gasteiger partial charge in [-0.3, -0.25) is 0 Å². The standard InChI is InChI=1S/C10H16/c1-5-10(6-2)8-7-9(3)4/h7H,3,5-6H2,1-2,4H3. The number of hydrogen-bond acceptors (Lipinski definition) is 0. The summed E-state index contributed by atoms with van der Waals surface area (Å²) in [7, 11) is 0. The molecule has 0 spiro atoms. The van der Waals surface area contributed by atoms with Crippen molar-refractivity contribution in [2.45, 2.75) is 33.6 Å². The van der Waals surface area contributed by atoms with Crippen molar-refractivity contribution in [2.75, 3.05) is 0 Å². The molecule has 0 heteroatoms. The van der Waals surface area contributed by atoms with E-state index in [0.29, 0.717) is 0 Å². The molecule has 10 heavy (non-hydrogen) atoms. The monoisotopic (exact) mass is 136 g/mol. The first-order chi connectivity index (χ1) is 4.70. The van der Waals surface area contributed by atoms with Crippen LogP contribution >= 0.6 is 0 Å². The average Bonchev–Trinajstić information content (AvgIpc) is 1.90. The van der Waals surface area contributed by atoms with Gasteiger partial charge in [-0.2, -0.15) is 0 Å². The highest BCUT2D eigenvalue weighted by Crippen LogP contribution is 2.03. The Morgan fingerprint density at radius 3 is 2.20 bits per heavy atom. The van der Waals surface area contributed by atoms with Crippen LogP contribution in [0.1, 0.15) is 33.6 Å². The van der Waals surface area contributed by atoms with Crippen LogP contribution in [0.2, 0.25) is 0 Å². The first kappa shape index (κ1) is 9.26. The fraction of sp³-hybridized carbons (Fsp3) is 0.500. The Balaban J connectivity index is 4.22. The maximum absolute atomic E-state index is 3.76. The molecule has 0 saturated carbocycles. The van der Waals surface area contributed by atoms with E-state index < -0.39 is 0 Å². The molecule has 0 aliphatic carbocycles. The van der Waals surface area contributed by atoms with E-state index in [1.807, 2.05) is 13.0 Å². The van der Waals surface area contributed by atoms with E-state index in [1.54, 1.807) is 0 Å². The summed E-state index contributed by atoms with van der Waals surface area (Å²) in [5.74, 6) is 0. The van der Waals surface area contributed by atoms with Gasteiger partial charge in [0, 0.05) is 0 Å². The van der Waals surface area contributed by atoms with Crippen LogP contribution < -0.4 is 0 Å². The van der Waals surface area contributed by atoms with Crippen molar-refractivity contribution in [1.29, 1.82) is 0 Å². The van der Waals surface area contributed by atoms with Gasteiger partial charge in [-0.15, -0.1) is 5.73 Å². The van der Waals surface area contributed by atoms with Crippen molar-refractivity contribution in [1.82, 2.24) is 0 Å². The van der Waals surface area contributed by atoms with Crippen LogP contribution in [-0.4, -0.2) is 0 Å². The summed E-state index contributed by atoms with van der Waals surface area (Å²) in [5, 5.41) is 0. The van der Waals surface area contributed by atoms with Gasteiger partial charge in [0.25, 0.3) is 0 Å². The zero-order valence-corrected chi connectivity index (χ0v) is 7.20. The molecule has 0 aromatic rings. The van der Waals surface area contributed by atoms with Crippen LogP contribution in [0.5, 0.6) is 0 Å². The van der Waals surface area contributed by atoms with Crippen molar-refractivity contribution in [3.63, 3.8) is 0 Å². The minimum atomic E-state index is 1.07. The largest absolute Gasteiger partial charge is 0.121 e. The molecule has 0 amide bonds. The molecule has 0 bridgehead atoms. The van der Waals surface area contributed by atoms with E-state index in [9.17, 15) is 0 Å². The molecule has 0 radical (unpaired) electrons. The average molecular weight is 136 g/mol. The summed E-state index contributed by atoms with van der Waals surface area (Å²) < 4.78 is 0. The van der Waals surface area contributed by atoms with Crippen molar-refractivity contribution in [2.24, 2.45) is 0 Å². The molecule has 0 aromatic carbocycles. The van der Waals surface area contributed by atoms with E-state index in [4.69, 9.17) is 0 Å². The van der Waals surface area contributed by atoms with Crippen LogP contribution in [0.3, 0.4) is 0 Å². The fourth-order valence-corrected chi connectivity index (χ4v) is 0.679. The zero-order chi connectivity index (χ0) is 7.98. The van der Waals surface area contributed by atoms with Gasteiger partial charge < -0.3 is 0 Å². The number of rotatable bonds is 3. The number of allylic oxidation sites excluding steroid dienone is 2. The van der Waals surface area contributed by atoms with Gasteiger partial charge in [0.15, 0.2) is 0 Å². The first-order valence-corrected chi connectivity index (χ1v) is 3.80. The maximum atomic E-state index is 3.76. The highest BCUT2D eigenvalue weighted by molar-refractivity contribution is 5.13. The Kier molecular flexibility index (Phi) is 4.70. The number of hydrogen-bond donors (Lipinski definition) is 0. The lowest BCUT2D eigenvalue weighted by atomic mass is 10.1. The Bertz CT molecular complexity index is 160. The Hall–Kier alpha value is -0.740. The smallest absolute Gasteiger partial charge is 0.0177 e. The van der Waals surface area contributed by atoms with Crippen molar-refractivity contribution >= 4 is 0 Å². The molecule has 0 nitrogen and oxygen atoms in total. The summed E-state index contributed by atoms with van der Waals surface area (Å²) in [6, 6.07) is 0. The topological polar surface area (TPSA) is 0 Å². The summed E-state index contributed by atoms with van der Waals surface area (Å²) in [4.78, 5) is 0. The molecule has 0 unspecified atom stereocenters. The third-order valence-corrected chi connectivity index (χ3v) is 1.38. The second kappa shape index (κ2) is 5.08. The van der Waals surface area contributed by atoms with E-state index in [0.717, 1.165) is 18.4 Å². The van der Waals surface area contributed by atoms with Gasteiger partial charge in [0.1, 0.15) is 0 Å². The second-order valence-corrected chi connectivity index (χ2v) is 2.45. The second-order valence-electron chi connectivity index (χ2n) is 2.45. The predicted octanol–water partition coefficient (Wildman–Crippen LogP) is 3.46. The minimum absolute atomic E-state index is 1.07. The van der Waals surface area contributed by atoms with Gasteiger partial charge in [-0.05, 0) is 31.4 Å². The van der Waals surface area contributed by atoms with Crippen molar-refractivity contribution in [3.8, 4) is 0 Å². The molecule has 0 heterocycles. The van der Waals surface area contributed by atoms with Gasteiger partial charge in [-0.1, -0.05) is 26.0 Å². The molecule has 0 rings (SSSR count). The van der Waals surface area contributed by atoms with E-state index in [-0.39, 0.29) is 0 Å². The third kappa shape index (κ3) is 4.17. The van der Waals surface area contributed by atoms with E-state index in [1.165, 1.54) is 5.57 Å². The van der Waals surface area contributed by atoms with Crippen LogP contribution in [-0.2, 0) is 0 Å². The zero-order valence-electron chi connectivity index (χ0n) is 7.20. The minimum Gasteiger partial charge on any atom is -0.121 e. The van der Waals surface area contributed by atoms with Crippen LogP contribution in [0, 0.1) is 0 Å². The molecular formula is C10H16.